The van der Waals surface area contributed by atoms with Crippen molar-refractivity contribution >= 4 is 0 Å². The maximum absolute atomic E-state index is 4.67. The number of hydrogen-bond donors (Lipinski definition) is 0. The lowest BCUT2D eigenvalue weighted by molar-refractivity contribution is 0.103. The molecule has 2 aromatic carbocycles. The van der Waals surface area contributed by atoms with Crippen LogP contribution in [0.1, 0.15) is 44.2 Å². The van der Waals surface area contributed by atoms with Crippen LogP contribution in [0.2, 0.25) is 0 Å². The summed E-state index contributed by atoms with van der Waals surface area (Å²) in [4.78, 5) is 7.28. The van der Waals surface area contributed by atoms with E-state index < -0.39 is 0 Å². The number of benzene rings is 2. The van der Waals surface area contributed by atoms with Crippen molar-refractivity contribution in [1.82, 2.24) is 9.88 Å². The van der Waals surface area contributed by atoms with Crippen molar-refractivity contribution in [2.45, 2.75) is 45.1 Å². The molecule has 0 unspecified atom stereocenters. The summed E-state index contributed by atoms with van der Waals surface area (Å²) in [6, 6.07) is 23.9. The summed E-state index contributed by atoms with van der Waals surface area (Å²) < 4.78 is 0. The Morgan fingerprint density at radius 1 is 0.690 bits per heavy atom. The Hall–Kier alpha value is -2.45. The van der Waals surface area contributed by atoms with E-state index in [1.165, 1.54) is 79.6 Å². The normalized spacial score (nSPS) is 18.9. The zero-order valence-electron chi connectivity index (χ0n) is 17.2. The topological polar surface area (TPSA) is 16.1 Å². The highest BCUT2D eigenvalue weighted by Gasteiger charge is 2.36. The molecule has 0 bridgehead atoms. The Kier molecular flexibility index (Phi) is 5.20. The second-order valence-electron chi connectivity index (χ2n) is 8.96. The summed E-state index contributed by atoms with van der Waals surface area (Å²) in [6.45, 7) is 3.45. The minimum Gasteiger partial charge on any atom is -0.297 e. The number of pyridine rings is 1. The molecule has 1 aromatic heterocycles. The van der Waals surface area contributed by atoms with Gasteiger partial charge in [0, 0.05) is 12.7 Å². The summed E-state index contributed by atoms with van der Waals surface area (Å²) in [5.41, 5.74) is 6.93. The summed E-state index contributed by atoms with van der Waals surface area (Å²) >= 11 is 0. The van der Waals surface area contributed by atoms with E-state index in [0.717, 1.165) is 6.54 Å². The number of hydrogen-bond acceptors (Lipinski definition) is 2. The van der Waals surface area contributed by atoms with Crippen LogP contribution < -0.4 is 0 Å². The van der Waals surface area contributed by atoms with Crippen LogP contribution in [-0.4, -0.2) is 23.0 Å². The van der Waals surface area contributed by atoms with Crippen molar-refractivity contribution in [2.24, 2.45) is 5.41 Å². The quantitative estimate of drug-likeness (QED) is 0.507. The summed E-state index contributed by atoms with van der Waals surface area (Å²) in [7, 11) is 0. The molecule has 0 radical (unpaired) electrons. The first-order chi connectivity index (χ1) is 14.3. The van der Waals surface area contributed by atoms with E-state index >= 15 is 0 Å². The lowest BCUT2D eigenvalue weighted by Gasteiger charge is -2.39. The van der Waals surface area contributed by atoms with Crippen molar-refractivity contribution in [3.63, 3.8) is 0 Å². The standard InChI is InChI=1S/C27H30N2/c1-2-6-22(7-3-1)23-8-10-24(11-9-23)25-12-17-28-26(20-25)21-29-18-15-27(16-19-29)13-4-5-14-27/h1-3,6-12,17,20H,4-5,13-16,18-19,21H2. The van der Waals surface area contributed by atoms with Crippen LogP contribution in [0.3, 0.4) is 0 Å². The first kappa shape index (κ1) is 18.6. The molecule has 2 nitrogen and oxygen atoms in total. The number of piperidine rings is 1. The van der Waals surface area contributed by atoms with Crippen molar-refractivity contribution in [2.75, 3.05) is 13.1 Å². The molecule has 2 fully saturated rings. The fourth-order valence-corrected chi connectivity index (χ4v) is 5.27. The largest absolute Gasteiger partial charge is 0.297 e. The van der Waals surface area contributed by atoms with Crippen molar-refractivity contribution in [1.29, 1.82) is 0 Å². The molecule has 1 aliphatic carbocycles. The molecule has 5 rings (SSSR count). The minimum absolute atomic E-state index is 0.687. The first-order valence-electron chi connectivity index (χ1n) is 11.1. The van der Waals surface area contributed by atoms with E-state index in [-0.39, 0.29) is 0 Å². The van der Waals surface area contributed by atoms with Gasteiger partial charge in [0.05, 0.1) is 5.69 Å². The Labute approximate surface area is 174 Å². The van der Waals surface area contributed by atoms with E-state index in [0.29, 0.717) is 5.41 Å². The highest BCUT2D eigenvalue weighted by molar-refractivity contribution is 5.70. The fourth-order valence-electron chi connectivity index (χ4n) is 5.27. The second kappa shape index (κ2) is 8.12. The number of aromatic nitrogens is 1. The van der Waals surface area contributed by atoms with Gasteiger partial charge < -0.3 is 0 Å². The third-order valence-electron chi connectivity index (χ3n) is 7.11. The van der Waals surface area contributed by atoms with Crippen LogP contribution in [-0.2, 0) is 6.54 Å². The zero-order chi connectivity index (χ0) is 19.5. The van der Waals surface area contributed by atoms with Crippen LogP contribution in [0.25, 0.3) is 22.3 Å². The third kappa shape index (κ3) is 4.13. The summed E-state index contributed by atoms with van der Waals surface area (Å²) in [6.07, 6.45) is 10.6. The molecule has 1 spiro atoms. The Morgan fingerprint density at radius 2 is 1.31 bits per heavy atom. The van der Waals surface area contributed by atoms with Gasteiger partial charge >= 0.3 is 0 Å². The van der Waals surface area contributed by atoms with Crippen molar-refractivity contribution < 1.29 is 0 Å². The highest BCUT2D eigenvalue weighted by atomic mass is 15.1. The first-order valence-corrected chi connectivity index (χ1v) is 11.1. The molecule has 2 heterocycles. The molecule has 2 aliphatic rings. The number of rotatable bonds is 4. The number of nitrogens with zero attached hydrogens (tertiary/aromatic N) is 2. The van der Waals surface area contributed by atoms with Gasteiger partial charge in [-0.2, -0.15) is 0 Å². The lowest BCUT2D eigenvalue weighted by atomic mass is 9.77. The third-order valence-corrected chi connectivity index (χ3v) is 7.11. The lowest BCUT2D eigenvalue weighted by Crippen LogP contribution is -2.38. The number of likely N-dealkylation sites (tertiary alicyclic amines) is 1. The maximum atomic E-state index is 4.67. The Balaban J connectivity index is 1.26. The molecular weight excluding hydrogens is 352 g/mol. The van der Waals surface area contributed by atoms with Crippen molar-refractivity contribution in [3.05, 3.63) is 78.6 Å². The van der Waals surface area contributed by atoms with Gasteiger partial charge in [-0.1, -0.05) is 67.4 Å². The van der Waals surface area contributed by atoms with Gasteiger partial charge in [-0.15, -0.1) is 0 Å². The minimum atomic E-state index is 0.687. The molecular formula is C27H30N2. The van der Waals surface area contributed by atoms with Crippen LogP contribution >= 0.6 is 0 Å². The van der Waals surface area contributed by atoms with Gasteiger partial charge in [-0.25, -0.2) is 0 Å². The molecule has 0 N–H and O–H groups in total. The molecule has 0 amide bonds. The van der Waals surface area contributed by atoms with Crippen LogP contribution in [0.15, 0.2) is 72.9 Å². The van der Waals surface area contributed by atoms with Gasteiger partial charge in [0.25, 0.3) is 0 Å². The van der Waals surface area contributed by atoms with E-state index in [4.69, 9.17) is 0 Å². The Bertz CT molecular complexity index is 930. The van der Waals surface area contributed by atoms with Crippen molar-refractivity contribution in [3.8, 4) is 22.3 Å². The van der Waals surface area contributed by atoms with E-state index in [1.54, 1.807) is 0 Å². The van der Waals surface area contributed by atoms with Gasteiger partial charge in [-0.05, 0) is 78.6 Å². The Morgan fingerprint density at radius 3 is 2.00 bits per heavy atom. The summed E-state index contributed by atoms with van der Waals surface area (Å²) in [5.74, 6) is 0. The molecule has 148 valence electrons. The molecule has 1 aliphatic heterocycles. The van der Waals surface area contributed by atoms with Gasteiger partial charge in [0.2, 0.25) is 0 Å². The van der Waals surface area contributed by atoms with Gasteiger partial charge in [0.1, 0.15) is 0 Å². The summed E-state index contributed by atoms with van der Waals surface area (Å²) in [5, 5.41) is 0. The van der Waals surface area contributed by atoms with Crippen LogP contribution in [0, 0.1) is 5.41 Å². The fraction of sp³-hybridized carbons (Fsp3) is 0.370. The molecule has 3 aromatic rings. The van der Waals surface area contributed by atoms with Crippen LogP contribution in [0.4, 0.5) is 0 Å². The molecule has 2 heteroatoms. The second-order valence-corrected chi connectivity index (χ2v) is 8.96. The SMILES string of the molecule is c1ccc(-c2ccc(-c3ccnc(CN4CCC5(CCCC5)CC4)c3)cc2)cc1. The monoisotopic (exact) mass is 382 g/mol. The molecule has 1 saturated carbocycles. The molecule has 29 heavy (non-hydrogen) atoms. The smallest absolute Gasteiger partial charge is 0.0550 e. The van der Waals surface area contributed by atoms with E-state index in [1.807, 2.05) is 6.20 Å². The average molecular weight is 383 g/mol. The predicted octanol–water partition coefficient (Wildman–Crippen LogP) is 6.57. The van der Waals surface area contributed by atoms with Gasteiger partial charge in [0.15, 0.2) is 0 Å². The zero-order valence-corrected chi connectivity index (χ0v) is 17.2. The van der Waals surface area contributed by atoms with E-state index in [2.05, 4.69) is 76.6 Å². The average Bonchev–Trinajstić information content (AvgIpc) is 3.25. The molecule has 0 atom stereocenters. The van der Waals surface area contributed by atoms with Crippen LogP contribution in [0.5, 0.6) is 0 Å². The predicted molar refractivity (Wildman–Crippen MR) is 121 cm³/mol. The van der Waals surface area contributed by atoms with E-state index in [9.17, 15) is 0 Å². The van der Waals surface area contributed by atoms with Gasteiger partial charge in [-0.3, -0.25) is 9.88 Å². The highest BCUT2D eigenvalue weighted by Crippen LogP contribution is 2.46. The molecule has 1 saturated heterocycles. The maximum Gasteiger partial charge on any atom is 0.0550 e.